The molecule has 1 N–H and O–H groups in total. The smallest absolute Gasteiger partial charge is 0.344 e. The number of aromatic nitrogens is 1. The molecule has 1 unspecified atom stereocenters. The van der Waals surface area contributed by atoms with E-state index in [0.29, 0.717) is 15.6 Å². The number of ether oxygens (including phenoxy) is 2. The molecule has 132 valence electrons. The first-order valence-corrected chi connectivity index (χ1v) is 8.08. The first-order chi connectivity index (χ1) is 11.9. The van der Waals surface area contributed by atoms with Crippen molar-refractivity contribution in [3.05, 3.63) is 57.7 Å². The summed E-state index contributed by atoms with van der Waals surface area (Å²) >= 11 is 12.0. The summed E-state index contributed by atoms with van der Waals surface area (Å²) in [5, 5.41) is 3.65. The van der Waals surface area contributed by atoms with Crippen LogP contribution in [0.2, 0.25) is 10.0 Å². The maximum Gasteiger partial charge on any atom is 0.344 e. The largest absolute Gasteiger partial charge is 0.480 e. The maximum absolute atomic E-state index is 12.0. The highest BCUT2D eigenvalue weighted by Crippen LogP contribution is 2.26. The van der Waals surface area contributed by atoms with E-state index in [0.717, 1.165) is 0 Å². The number of rotatable bonds is 6. The molecule has 1 heterocycles. The normalized spacial score (nSPS) is 11.5. The first-order valence-electron chi connectivity index (χ1n) is 7.32. The Morgan fingerprint density at radius 3 is 2.72 bits per heavy atom. The number of nitrogens with one attached hydrogen (secondary N) is 1. The molecule has 1 aromatic heterocycles. The van der Waals surface area contributed by atoms with Gasteiger partial charge in [0.05, 0.1) is 13.2 Å². The molecule has 0 radical (unpaired) electrons. The van der Waals surface area contributed by atoms with E-state index in [9.17, 15) is 9.59 Å². The molecule has 1 amide bonds. The van der Waals surface area contributed by atoms with Gasteiger partial charge >= 0.3 is 5.97 Å². The zero-order valence-corrected chi connectivity index (χ0v) is 15.1. The molecule has 0 saturated carbocycles. The third-order valence-electron chi connectivity index (χ3n) is 3.33. The van der Waals surface area contributed by atoms with Crippen LogP contribution < -0.4 is 10.1 Å². The molecule has 0 spiro atoms. The lowest BCUT2D eigenvalue weighted by Gasteiger charge is -2.16. The van der Waals surface area contributed by atoms with Crippen molar-refractivity contribution in [2.24, 2.45) is 0 Å². The molecule has 2 aromatic rings. The molecule has 25 heavy (non-hydrogen) atoms. The molecule has 8 heteroatoms. The van der Waals surface area contributed by atoms with E-state index in [4.69, 9.17) is 32.7 Å². The van der Waals surface area contributed by atoms with E-state index in [1.165, 1.54) is 19.4 Å². The van der Waals surface area contributed by atoms with Crippen molar-refractivity contribution in [3.63, 3.8) is 0 Å². The summed E-state index contributed by atoms with van der Waals surface area (Å²) < 4.78 is 9.97. The van der Waals surface area contributed by atoms with Crippen molar-refractivity contribution in [1.29, 1.82) is 0 Å². The predicted octanol–water partition coefficient (Wildman–Crippen LogP) is 3.43. The van der Waals surface area contributed by atoms with Crippen LogP contribution in [0.3, 0.4) is 0 Å². The molecule has 1 aromatic carbocycles. The summed E-state index contributed by atoms with van der Waals surface area (Å²) in [5.74, 6) is -1.03. The van der Waals surface area contributed by atoms with Gasteiger partial charge in [0.25, 0.3) is 5.91 Å². The van der Waals surface area contributed by atoms with Gasteiger partial charge in [-0.1, -0.05) is 29.3 Å². The minimum atomic E-state index is -0.697. The summed E-state index contributed by atoms with van der Waals surface area (Å²) in [7, 11) is 1.39. The van der Waals surface area contributed by atoms with Crippen molar-refractivity contribution in [2.45, 2.75) is 13.0 Å². The number of pyridine rings is 1. The number of halogens is 2. The Bertz CT molecular complexity index is 783. The number of hydrogen-bond donors (Lipinski definition) is 1. The number of hydrogen-bond acceptors (Lipinski definition) is 5. The quantitative estimate of drug-likeness (QED) is 0.774. The highest BCUT2D eigenvalue weighted by atomic mass is 35.5. The Kier molecular flexibility index (Phi) is 6.61. The molecule has 2 rings (SSSR count). The SMILES string of the molecule is COc1ncccc1C(=O)OCC(=O)NC(C)c1ccc(Cl)cc1Cl. The van der Waals surface area contributed by atoms with Crippen molar-refractivity contribution in [1.82, 2.24) is 10.3 Å². The van der Waals surface area contributed by atoms with Crippen molar-refractivity contribution in [2.75, 3.05) is 13.7 Å². The van der Waals surface area contributed by atoms with E-state index in [1.807, 2.05) is 0 Å². The van der Waals surface area contributed by atoms with E-state index in [1.54, 1.807) is 31.2 Å². The van der Waals surface area contributed by atoms with Gasteiger partial charge in [0.2, 0.25) is 5.88 Å². The van der Waals surface area contributed by atoms with Gasteiger partial charge in [0, 0.05) is 16.2 Å². The van der Waals surface area contributed by atoms with E-state index in [2.05, 4.69) is 10.3 Å². The van der Waals surface area contributed by atoms with Gasteiger partial charge in [-0.05, 0) is 36.8 Å². The minimum Gasteiger partial charge on any atom is -0.480 e. The van der Waals surface area contributed by atoms with Crippen LogP contribution in [0.15, 0.2) is 36.5 Å². The molecule has 1 atom stereocenters. The van der Waals surface area contributed by atoms with Gasteiger partial charge in [-0.15, -0.1) is 0 Å². The highest BCUT2D eigenvalue weighted by Gasteiger charge is 2.17. The number of esters is 1. The summed E-state index contributed by atoms with van der Waals surface area (Å²) in [6.07, 6.45) is 1.49. The van der Waals surface area contributed by atoms with Crippen LogP contribution in [-0.2, 0) is 9.53 Å². The van der Waals surface area contributed by atoms with Gasteiger partial charge < -0.3 is 14.8 Å². The molecule has 0 aliphatic heterocycles. The lowest BCUT2D eigenvalue weighted by molar-refractivity contribution is -0.124. The van der Waals surface area contributed by atoms with Crippen LogP contribution in [0.4, 0.5) is 0 Å². The summed E-state index contributed by atoms with van der Waals surface area (Å²) in [6, 6.07) is 7.70. The molecular weight excluding hydrogens is 367 g/mol. The topological polar surface area (TPSA) is 77.5 Å². The molecule has 0 aliphatic carbocycles. The minimum absolute atomic E-state index is 0.134. The Balaban J connectivity index is 1.93. The number of nitrogens with zero attached hydrogens (tertiary/aromatic N) is 1. The highest BCUT2D eigenvalue weighted by molar-refractivity contribution is 6.35. The number of amides is 1. The van der Waals surface area contributed by atoms with Crippen molar-refractivity contribution in [3.8, 4) is 5.88 Å². The second kappa shape index (κ2) is 8.69. The maximum atomic E-state index is 12.0. The second-order valence-electron chi connectivity index (χ2n) is 5.09. The number of benzene rings is 1. The number of methoxy groups -OCH3 is 1. The lowest BCUT2D eigenvalue weighted by Crippen LogP contribution is -2.31. The zero-order valence-electron chi connectivity index (χ0n) is 13.6. The Labute approximate surface area is 155 Å². The van der Waals surface area contributed by atoms with Crippen LogP contribution in [0, 0.1) is 0 Å². The van der Waals surface area contributed by atoms with E-state index in [-0.39, 0.29) is 17.5 Å². The Hall–Kier alpha value is -2.31. The Morgan fingerprint density at radius 2 is 2.04 bits per heavy atom. The Morgan fingerprint density at radius 1 is 1.28 bits per heavy atom. The van der Waals surface area contributed by atoms with Crippen molar-refractivity contribution >= 4 is 35.1 Å². The van der Waals surface area contributed by atoms with Crippen LogP contribution in [0.5, 0.6) is 5.88 Å². The third-order valence-corrected chi connectivity index (χ3v) is 3.89. The molecule has 6 nitrogen and oxygen atoms in total. The lowest BCUT2D eigenvalue weighted by atomic mass is 10.1. The number of carbonyl (C=O) groups is 2. The summed E-state index contributed by atoms with van der Waals surface area (Å²) in [4.78, 5) is 27.9. The van der Waals surface area contributed by atoms with Crippen molar-refractivity contribution < 1.29 is 19.1 Å². The van der Waals surface area contributed by atoms with E-state index < -0.39 is 18.5 Å². The fourth-order valence-electron chi connectivity index (χ4n) is 2.13. The fraction of sp³-hybridized carbons (Fsp3) is 0.235. The van der Waals surface area contributed by atoms with Gasteiger partial charge in [-0.2, -0.15) is 0 Å². The predicted molar refractivity (Wildman–Crippen MR) is 94.1 cm³/mol. The van der Waals surface area contributed by atoms with Crippen LogP contribution in [0.25, 0.3) is 0 Å². The molecule has 0 bridgehead atoms. The third kappa shape index (κ3) is 5.08. The molecular formula is C17H16Cl2N2O4. The van der Waals surface area contributed by atoms with Gasteiger partial charge in [0.15, 0.2) is 6.61 Å². The summed E-state index contributed by atoms with van der Waals surface area (Å²) in [6.45, 7) is 1.32. The average Bonchev–Trinajstić information content (AvgIpc) is 2.59. The second-order valence-corrected chi connectivity index (χ2v) is 5.94. The monoisotopic (exact) mass is 382 g/mol. The standard InChI is InChI=1S/C17H16Cl2N2O4/c1-10(12-6-5-11(18)8-14(12)19)21-15(22)9-25-17(23)13-4-3-7-20-16(13)24-2/h3-8,10H,9H2,1-2H3,(H,21,22). The molecule has 0 saturated heterocycles. The summed E-state index contributed by atoms with van der Waals surface area (Å²) in [5.41, 5.74) is 0.853. The molecule has 0 fully saturated rings. The van der Waals surface area contributed by atoms with Gasteiger partial charge in [-0.25, -0.2) is 9.78 Å². The van der Waals surface area contributed by atoms with E-state index >= 15 is 0 Å². The van der Waals surface area contributed by atoms with Crippen LogP contribution in [-0.4, -0.2) is 30.6 Å². The number of carbonyl (C=O) groups excluding carboxylic acids is 2. The van der Waals surface area contributed by atoms with Gasteiger partial charge in [-0.3, -0.25) is 4.79 Å². The fourth-order valence-corrected chi connectivity index (χ4v) is 2.70. The first kappa shape index (κ1) is 19.0. The van der Waals surface area contributed by atoms with Crippen LogP contribution in [0.1, 0.15) is 28.9 Å². The zero-order chi connectivity index (χ0) is 18.4. The van der Waals surface area contributed by atoms with Gasteiger partial charge in [0.1, 0.15) is 5.56 Å². The average molecular weight is 383 g/mol. The van der Waals surface area contributed by atoms with Crippen LogP contribution >= 0.6 is 23.2 Å². The molecule has 0 aliphatic rings.